The Balaban J connectivity index is 1.26. The van der Waals surface area contributed by atoms with Gasteiger partial charge in [-0.2, -0.15) is 13.2 Å². The smallest absolute Gasteiger partial charge is 0.416 e. The van der Waals surface area contributed by atoms with E-state index in [9.17, 15) is 18.0 Å². The Kier molecular flexibility index (Phi) is 6.79. The molecule has 0 spiro atoms. The van der Waals surface area contributed by atoms with E-state index in [1.807, 2.05) is 6.92 Å². The van der Waals surface area contributed by atoms with Crippen LogP contribution >= 0.6 is 0 Å². The Morgan fingerprint density at radius 3 is 2.56 bits per heavy atom. The molecule has 3 aliphatic heterocycles. The average molecular weight is 511 g/mol. The van der Waals surface area contributed by atoms with E-state index in [1.54, 1.807) is 4.90 Å². The van der Waals surface area contributed by atoms with E-state index in [0.29, 0.717) is 29.2 Å². The predicted octanol–water partition coefficient (Wildman–Crippen LogP) is 5.26. The summed E-state index contributed by atoms with van der Waals surface area (Å²) in [5.74, 6) is 1.36. The Morgan fingerprint density at radius 1 is 1.17 bits per heavy atom. The fraction of sp³-hybridized carbons (Fsp3) is 0.741. The molecule has 4 atom stereocenters. The zero-order valence-corrected chi connectivity index (χ0v) is 21.5. The lowest BCUT2D eigenvalue weighted by Crippen LogP contribution is -2.53. The van der Waals surface area contributed by atoms with Crippen LogP contribution in [0.4, 0.5) is 13.2 Å². The minimum absolute atomic E-state index is 0.00347. The molecule has 200 valence electrons. The molecule has 36 heavy (non-hydrogen) atoms. The van der Waals surface area contributed by atoms with E-state index in [0.717, 1.165) is 50.9 Å². The van der Waals surface area contributed by atoms with Gasteiger partial charge in [0.25, 0.3) is 0 Å². The number of likely N-dealkylation sites (tertiary alicyclic amines) is 1. The van der Waals surface area contributed by atoms with Gasteiger partial charge in [0, 0.05) is 24.1 Å². The van der Waals surface area contributed by atoms with Crippen molar-refractivity contribution in [3.63, 3.8) is 0 Å². The number of amides is 1. The van der Waals surface area contributed by atoms with Gasteiger partial charge in [0.2, 0.25) is 5.91 Å². The van der Waals surface area contributed by atoms with Crippen molar-refractivity contribution in [2.24, 2.45) is 23.2 Å². The van der Waals surface area contributed by atoms with Crippen LogP contribution in [0.1, 0.15) is 64.5 Å². The van der Waals surface area contributed by atoms with Crippen LogP contribution in [-0.2, 0) is 27.0 Å². The summed E-state index contributed by atoms with van der Waals surface area (Å²) in [7, 11) is 0. The summed E-state index contributed by atoms with van der Waals surface area (Å²) < 4.78 is 57.0. The standard InChI is InChI=1S/C27H37F3N2O4/c1-16(2)26(25(33)32-14-19-11-20(27(28,29)30)5-6-23(19)34-15-32)9-7-21(12-26)31-10-8-22(17(3)13-31)24-35-18(4)36-24/h5-6,11,16-18,21-22,24H,7-10,12-15H2,1-4H3/t17-,18?,21+,22+,24?,26-/m0/s1. The highest BCUT2D eigenvalue weighted by Crippen LogP contribution is 2.49. The van der Waals surface area contributed by atoms with E-state index < -0.39 is 17.2 Å². The zero-order valence-electron chi connectivity index (χ0n) is 21.5. The largest absolute Gasteiger partial charge is 0.473 e. The van der Waals surface area contributed by atoms with Crippen LogP contribution in [0, 0.1) is 23.2 Å². The summed E-state index contributed by atoms with van der Waals surface area (Å²) >= 11 is 0. The molecule has 1 aromatic carbocycles. The highest BCUT2D eigenvalue weighted by atomic mass is 19.4. The number of alkyl halides is 3. The summed E-state index contributed by atoms with van der Waals surface area (Å²) in [5, 5.41) is 0. The summed E-state index contributed by atoms with van der Waals surface area (Å²) in [6, 6.07) is 3.81. The molecular formula is C27H37F3N2O4. The number of benzene rings is 1. The number of ether oxygens (including phenoxy) is 3. The van der Waals surface area contributed by atoms with Crippen molar-refractivity contribution < 1.29 is 32.2 Å². The zero-order chi connectivity index (χ0) is 25.8. The number of carbonyl (C=O) groups is 1. The molecule has 4 aliphatic rings. The minimum atomic E-state index is -4.43. The summed E-state index contributed by atoms with van der Waals surface area (Å²) in [5.41, 5.74) is -0.852. The van der Waals surface area contributed by atoms with Crippen LogP contribution in [0.5, 0.6) is 5.75 Å². The van der Waals surface area contributed by atoms with E-state index in [-0.39, 0.29) is 37.7 Å². The van der Waals surface area contributed by atoms with Gasteiger partial charge < -0.3 is 24.0 Å². The second-order valence-electron chi connectivity index (χ2n) is 11.4. The van der Waals surface area contributed by atoms with Crippen LogP contribution < -0.4 is 4.74 Å². The van der Waals surface area contributed by atoms with Crippen LogP contribution in [0.2, 0.25) is 0 Å². The number of halogens is 3. The number of piperidine rings is 1. The third-order valence-corrected chi connectivity index (χ3v) is 8.99. The van der Waals surface area contributed by atoms with Gasteiger partial charge in [-0.3, -0.25) is 4.79 Å². The first-order valence-corrected chi connectivity index (χ1v) is 13.1. The average Bonchev–Trinajstić information content (AvgIpc) is 3.27. The lowest BCUT2D eigenvalue weighted by molar-refractivity contribution is -0.398. The number of hydrogen-bond acceptors (Lipinski definition) is 5. The number of fused-ring (bicyclic) bond motifs is 1. The van der Waals surface area contributed by atoms with E-state index in [1.165, 1.54) is 6.07 Å². The lowest BCUT2D eigenvalue weighted by atomic mass is 9.74. The normalized spacial score (nSPS) is 35.3. The highest BCUT2D eigenvalue weighted by molar-refractivity contribution is 5.83. The first kappa shape index (κ1) is 25.8. The van der Waals surface area contributed by atoms with Gasteiger partial charge in [-0.05, 0) is 69.2 Å². The molecule has 0 radical (unpaired) electrons. The van der Waals surface area contributed by atoms with Gasteiger partial charge in [-0.25, -0.2) is 0 Å². The SMILES string of the molecule is CC1OC([C@@H]2CCN([C@@H]3CC[C@@](C(=O)N4COc5ccc(C(F)(F)F)cc5C4)(C(C)C)C3)C[C@@H]2C)O1. The van der Waals surface area contributed by atoms with Crippen molar-refractivity contribution in [1.29, 1.82) is 0 Å². The van der Waals surface area contributed by atoms with Crippen LogP contribution in [0.15, 0.2) is 18.2 Å². The third kappa shape index (κ3) is 4.63. The Labute approximate surface area is 211 Å². The fourth-order valence-electron chi connectivity index (χ4n) is 6.71. The molecule has 6 nitrogen and oxygen atoms in total. The molecule has 2 saturated heterocycles. The molecule has 9 heteroatoms. The molecule has 0 N–H and O–H groups in total. The van der Waals surface area contributed by atoms with E-state index >= 15 is 0 Å². The molecule has 0 unspecified atom stereocenters. The van der Waals surface area contributed by atoms with Gasteiger partial charge in [0.15, 0.2) is 19.3 Å². The van der Waals surface area contributed by atoms with Crippen molar-refractivity contribution in [2.75, 3.05) is 19.8 Å². The Bertz CT molecular complexity index is 980. The highest BCUT2D eigenvalue weighted by Gasteiger charge is 2.52. The van der Waals surface area contributed by atoms with Crippen LogP contribution in [0.25, 0.3) is 0 Å². The number of carbonyl (C=O) groups excluding carboxylic acids is 1. The molecule has 1 aromatic rings. The molecule has 3 fully saturated rings. The summed E-state index contributed by atoms with van der Waals surface area (Å²) in [6.07, 6.45) is -1.15. The summed E-state index contributed by atoms with van der Waals surface area (Å²) in [4.78, 5) is 18.1. The van der Waals surface area contributed by atoms with E-state index in [2.05, 4.69) is 25.7 Å². The number of rotatable bonds is 4. The topological polar surface area (TPSA) is 51.2 Å². The van der Waals surface area contributed by atoms with Crippen molar-refractivity contribution >= 4 is 5.91 Å². The monoisotopic (exact) mass is 510 g/mol. The quantitative estimate of drug-likeness (QED) is 0.554. The van der Waals surface area contributed by atoms with Crippen molar-refractivity contribution in [3.05, 3.63) is 29.3 Å². The first-order valence-electron chi connectivity index (χ1n) is 13.1. The van der Waals surface area contributed by atoms with Gasteiger partial charge >= 0.3 is 6.18 Å². The first-order chi connectivity index (χ1) is 17.0. The van der Waals surface area contributed by atoms with Gasteiger partial charge in [-0.15, -0.1) is 0 Å². The van der Waals surface area contributed by atoms with Gasteiger partial charge in [0.05, 0.1) is 17.5 Å². The maximum absolute atomic E-state index is 13.9. The van der Waals surface area contributed by atoms with Crippen molar-refractivity contribution in [2.45, 2.75) is 84.7 Å². The Morgan fingerprint density at radius 2 is 1.92 bits per heavy atom. The molecule has 1 saturated carbocycles. The Hall–Kier alpha value is -1.84. The fourth-order valence-corrected chi connectivity index (χ4v) is 6.71. The minimum Gasteiger partial charge on any atom is -0.473 e. The molecule has 0 bridgehead atoms. The maximum atomic E-state index is 13.9. The van der Waals surface area contributed by atoms with Crippen molar-refractivity contribution in [1.82, 2.24) is 9.80 Å². The van der Waals surface area contributed by atoms with Crippen LogP contribution in [0.3, 0.4) is 0 Å². The van der Waals surface area contributed by atoms with Gasteiger partial charge in [0.1, 0.15) is 5.75 Å². The maximum Gasteiger partial charge on any atom is 0.416 e. The number of hydrogen-bond donors (Lipinski definition) is 0. The lowest BCUT2D eigenvalue weighted by Gasteiger charge is -2.47. The molecular weight excluding hydrogens is 473 g/mol. The second kappa shape index (κ2) is 9.48. The second-order valence-corrected chi connectivity index (χ2v) is 11.4. The van der Waals surface area contributed by atoms with Crippen LogP contribution in [-0.4, -0.2) is 54.1 Å². The van der Waals surface area contributed by atoms with E-state index in [4.69, 9.17) is 14.2 Å². The summed E-state index contributed by atoms with van der Waals surface area (Å²) in [6.45, 7) is 10.5. The number of nitrogens with zero attached hydrogens (tertiary/aromatic N) is 2. The van der Waals surface area contributed by atoms with Gasteiger partial charge in [-0.1, -0.05) is 20.8 Å². The third-order valence-electron chi connectivity index (χ3n) is 8.99. The predicted molar refractivity (Wildman–Crippen MR) is 127 cm³/mol. The molecule has 5 rings (SSSR count). The molecule has 1 amide bonds. The molecule has 1 aliphatic carbocycles. The molecule has 0 aromatic heterocycles. The molecule has 3 heterocycles. The van der Waals surface area contributed by atoms with Crippen molar-refractivity contribution in [3.8, 4) is 5.75 Å².